The van der Waals surface area contributed by atoms with Crippen LogP contribution in [0.15, 0.2) is 6.07 Å². The first kappa shape index (κ1) is 15.4. The zero-order valence-electron chi connectivity index (χ0n) is 10.3. The molecule has 0 saturated carbocycles. The number of carbonyl (C=O) groups excluding carboxylic acids is 1. The van der Waals surface area contributed by atoms with Crippen LogP contribution in [0.1, 0.15) is 26.2 Å². The summed E-state index contributed by atoms with van der Waals surface area (Å²) in [4.78, 5) is 11.5. The molecule has 0 fully saturated rings. The maximum Gasteiger partial charge on any atom is 0.241 e. The number of hydrogen-bond donors (Lipinski definition) is 2. The van der Waals surface area contributed by atoms with Gasteiger partial charge in [0.15, 0.2) is 23.3 Å². The molecule has 106 valence electrons. The van der Waals surface area contributed by atoms with Gasteiger partial charge >= 0.3 is 0 Å². The van der Waals surface area contributed by atoms with Crippen LogP contribution in [0.25, 0.3) is 0 Å². The molecule has 0 aromatic heterocycles. The van der Waals surface area contributed by atoms with Crippen molar-refractivity contribution in [2.75, 3.05) is 5.32 Å². The summed E-state index contributed by atoms with van der Waals surface area (Å²) in [6.45, 7) is 1.88. The number of unbranched alkanes of at least 4 members (excludes halogenated alkanes) is 1. The van der Waals surface area contributed by atoms with Crippen molar-refractivity contribution in [2.24, 2.45) is 5.73 Å². The molecular formula is C12H14F4N2O. The number of nitrogens with two attached hydrogens (primary N) is 1. The van der Waals surface area contributed by atoms with Gasteiger partial charge in [-0.3, -0.25) is 4.79 Å². The quantitative estimate of drug-likeness (QED) is 0.642. The molecule has 1 aromatic carbocycles. The van der Waals surface area contributed by atoms with Crippen LogP contribution in [0.4, 0.5) is 23.2 Å². The zero-order valence-corrected chi connectivity index (χ0v) is 10.3. The highest BCUT2D eigenvalue weighted by molar-refractivity contribution is 5.94. The molecule has 0 saturated heterocycles. The van der Waals surface area contributed by atoms with E-state index in [4.69, 9.17) is 5.73 Å². The zero-order chi connectivity index (χ0) is 14.6. The molecule has 0 aliphatic heterocycles. The molecule has 7 heteroatoms. The van der Waals surface area contributed by atoms with E-state index >= 15 is 0 Å². The van der Waals surface area contributed by atoms with Crippen LogP contribution in [-0.4, -0.2) is 11.9 Å². The van der Waals surface area contributed by atoms with Gasteiger partial charge in [-0.2, -0.15) is 0 Å². The molecule has 19 heavy (non-hydrogen) atoms. The van der Waals surface area contributed by atoms with E-state index in [1.807, 2.05) is 6.92 Å². The topological polar surface area (TPSA) is 55.1 Å². The number of benzene rings is 1. The van der Waals surface area contributed by atoms with E-state index in [1.165, 1.54) is 0 Å². The lowest BCUT2D eigenvalue weighted by molar-refractivity contribution is -0.117. The van der Waals surface area contributed by atoms with Crippen LogP contribution in [-0.2, 0) is 4.79 Å². The monoisotopic (exact) mass is 278 g/mol. The van der Waals surface area contributed by atoms with Crippen LogP contribution in [0, 0.1) is 23.3 Å². The number of amides is 1. The standard InChI is InChI=1S/C12H14F4N2O/c1-2-3-4-8(17)12(19)18-11-9(15)6(13)5-7(14)10(11)16/h5,8H,2-4,17H2,1H3,(H,18,19). The number of halogens is 4. The predicted molar refractivity (Wildman–Crippen MR) is 62.4 cm³/mol. The van der Waals surface area contributed by atoms with Gasteiger partial charge in [-0.1, -0.05) is 19.8 Å². The van der Waals surface area contributed by atoms with Crippen LogP contribution in [0.5, 0.6) is 0 Å². The van der Waals surface area contributed by atoms with Gasteiger partial charge in [-0.25, -0.2) is 17.6 Å². The lowest BCUT2D eigenvalue weighted by Crippen LogP contribution is -2.36. The Kier molecular flexibility index (Phi) is 5.29. The van der Waals surface area contributed by atoms with E-state index in [1.54, 1.807) is 5.32 Å². The summed E-state index contributed by atoms with van der Waals surface area (Å²) in [5.41, 5.74) is 4.33. The molecule has 0 spiro atoms. The first-order valence-corrected chi connectivity index (χ1v) is 5.77. The first-order valence-electron chi connectivity index (χ1n) is 5.77. The molecular weight excluding hydrogens is 264 g/mol. The van der Waals surface area contributed by atoms with Gasteiger partial charge < -0.3 is 11.1 Å². The first-order chi connectivity index (χ1) is 8.88. The largest absolute Gasteiger partial charge is 0.320 e. The molecule has 1 aromatic rings. The molecule has 3 nitrogen and oxygen atoms in total. The third-order valence-corrected chi connectivity index (χ3v) is 2.57. The Morgan fingerprint density at radius 3 is 2.26 bits per heavy atom. The molecule has 3 N–H and O–H groups in total. The second-order valence-electron chi connectivity index (χ2n) is 4.08. The molecule has 0 aliphatic rings. The molecule has 1 amide bonds. The molecule has 1 unspecified atom stereocenters. The normalized spacial score (nSPS) is 12.3. The maximum absolute atomic E-state index is 13.3. The van der Waals surface area contributed by atoms with Crippen LogP contribution >= 0.6 is 0 Å². The summed E-state index contributed by atoms with van der Waals surface area (Å²) < 4.78 is 52.4. The minimum absolute atomic E-state index is 0.0668. The third kappa shape index (κ3) is 3.66. The summed E-state index contributed by atoms with van der Waals surface area (Å²) in [6, 6.07) is -0.928. The van der Waals surface area contributed by atoms with Crippen molar-refractivity contribution in [2.45, 2.75) is 32.2 Å². The van der Waals surface area contributed by atoms with Crippen LogP contribution < -0.4 is 11.1 Å². The van der Waals surface area contributed by atoms with Gasteiger partial charge in [0.2, 0.25) is 5.91 Å². The highest BCUT2D eigenvalue weighted by atomic mass is 19.2. The number of carbonyl (C=O) groups is 1. The van der Waals surface area contributed by atoms with E-state index in [0.29, 0.717) is 12.8 Å². The summed E-state index contributed by atoms with van der Waals surface area (Å²) in [6.07, 6.45) is 1.75. The van der Waals surface area contributed by atoms with Crippen molar-refractivity contribution in [3.05, 3.63) is 29.3 Å². The molecule has 0 bridgehead atoms. The smallest absolute Gasteiger partial charge is 0.241 e. The summed E-state index contributed by atoms with van der Waals surface area (Å²) in [7, 11) is 0. The SMILES string of the molecule is CCCCC(N)C(=O)Nc1c(F)c(F)cc(F)c1F. The molecule has 0 radical (unpaired) electrons. The van der Waals surface area contributed by atoms with Crippen molar-refractivity contribution in [1.82, 2.24) is 0 Å². The third-order valence-electron chi connectivity index (χ3n) is 2.57. The summed E-state index contributed by atoms with van der Waals surface area (Å²) >= 11 is 0. The summed E-state index contributed by atoms with van der Waals surface area (Å²) in [5, 5.41) is 1.77. The Labute approximate surface area is 107 Å². The fourth-order valence-corrected chi connectivity index (χ4v) is 1.45. The van der Waals surface area contributed by atoms with Crippen LogP contribution in [0.3, 0.4) is 0 Å². The van der Waals surface area contributed by atoms with E-state index in [-0.39, 0.29) is 6.07 Å². The summed E-state index contributed by atoms with van der Waals surface area (Å²) in [5.74, 6) is -7.38. The highest BCUT2D eigenvalue weighted by Gasteiger charge is 2.22. The van der Waals surface area contributed by atoms with E-state index in [2.05, 4.69) is 0 Å². The Balaban J connectivity index is 2.91. The maximum atomic E-state index is 13.3. The Morgan fingerprint density at radius 2 is 1.79 bits per heavy atom. The lowest BCUT2D eigenvalue weighted by atomic mass is 10.1. The predicted octanol–water partition coefficient (Wildman–Crippen LogP) is 2.70. The van der Waals surface area contributed by atoms with Crippen molar-refractivity contribution in [3.63, 3.8) is 0 Å². The van der Waals surface area contributed by atoms with E-state index < -0.39 is 40.9 Å². The minimum Gasteiger partial charge on any atom is -0.320 e. The van der Waals surface area contributed by atoms with Crippen molar-refractivity contribution >= 4 is 11.6 Å². The fraction of sp³-hybridized carbons (Fsp3) is 0.417. The van der Waals surface area contributed by atoms with Crippen molar-refractivity contribution in [3.8, 4) is 0 Å². The van der Waals surface area contributed by atoms with Crippen molar-refractivity contribution < 1.29 is 22.4 Å². The lowest BCUT2D eigenvalue weighted by Gasteiger charge is -2.13. The van der Waals surface area contributed by atoms with Gasteiger partial charge in [0.05, 0.1) is 6.04 Å². The molecule has 1 atom stereocenters. The van der Waals surface area contributed by atoms with Gasteiger partial charge in [0.25, 0.3) is 0 Å². The van der Waals surface area contributed by atoms with Gasteiger partial charge in [-0.15, -0.1) is 0 Å². The van der Waals surface area contributed by atoms with Gasteiger partial charge in [0.1, 0.15) is 5.69 Å². The molecule has 0 heterocycles. The fourth-order valence-electron chi connectivity index (χ4n) is 1.45. The number of anilines is 1. The average molecular weight is 278 g/mol. The number of rotatable bonds is 5. The Hall–Kier alpha value is -1.63. The van der Waals surface area contributed by atoms with E-state index in [9.17, 15) is 22.4 Å². The molecule has 1 rings (SSSR count). The second-order valence-corrected chi connectivity index (χ2v) is 4.08. The molecule has 0 aliphatic carbocycles. The Bertz CT molecular complexity index is 453. The Morgan fingerprint density at radius 1 is 1.26 bits per heavy atom. The number of nitrogens with one attached hydrogen (secondary N) is 1. The average Bonchev–Trinajstić information content (AvgIpc) is 2.38. The second kappa shape index (κ2) is 6.51. The number of hydrogen-bond acceptors (Lipinski definition) is 2. The highest BCUT2D eigenvalue weighted by Crippen LogP contribution is 2.24. The minimum atomic E-state index is -1.66. The van der Waals surface area contributed by atoms with Gasteiger partial charge in [0, 0.05) is 6.07 Å². The van der Waals surface area contributed by atoms with E-state index in [0.717, 1.165) is 6.42 Å². The van der Waals surface area contributed by atoms with Crippen molar-refractivity contribution in [1.29, 1.82) is 0 Å². The van der Waals surface area contributed by atoms with Crippen LogP contribution in [0.2, 0.25) is 0 Å². The van der Waals surface area contributed by atoms with Gasteiger partial charge in [-0.05, 0) is 6.42 Å².